The van der Waals surface area contributed by atoms with Crippen LogP contribution >= 0.6 is 0 Å². The maximum Gasteiger partial charge on any atom is 0.0598 e. The Labute approximate surface area is 111 Å². The van der Waals surface area contributed by atoms with E-state index >= 15 is 0 Å². The average Bonchev–Trinajstić information content (AvgIpc) is 2.89. The van der Waals surface area contributed by atoms with Crippen LogP contribution in [0.3, 0.4) is 0 Å². The highest BCUT2D eigenvalue weighted by Gasteiger charge is 2.21. The minimum Gasteiger partial charge on any atom is -0.370 e. The smallest absolute Gasteiger partial charge is 0.0598 e. The van der Waals surface area contributed by atoms with Crippen LogP contribution in [0.5, 0.6) is 0 Å². The summed E-state index contributed by atoms with van der Waals surface area (Å²) in [5.41, 5.74) is 2.64. The zero-order chi connectivity index (χ0) is 13.0. The fraction of sp³-hybridized carbons (Fsp3) is 0.667. The van der Waals surface area contributed by atoms with Crippen molar-refractivity contribution in [2.45, 2.75) is 58.2 Å². The number of aromatic nitrogens is 1. The number of nitrogens with one attached hydrogen (secondary N) is 1. The van der Waals surface area contributed by atoms with Crippen LogP contribution < -0.4 is 10.2 Å². The molecule has 2 rings (SSSR count). The summed E-state index contributed by atoms with van der Waals surface area (Å²) in [6.07, 6.45) is 9.29. The van der Waals surface area contributed by atoms with Gasteiger partial charge in [-0.1, -0.05) is 26.7 Å². The van der Waals surface area contributed by atoms with Gasteiger partial charge < -0.3 is 10.2 Å². The molecule has 0 spiro atoms. The zero-order valence-corrected chi connectivity index (χ0v) is 11.8. The summed E-state index contributed by atoms with van der Waals surface area (Å²) >= 11 is 0. The van der Waals surface area contributed by atoms with Crippen molar-refractivity contribution in [3.8, 4) is 0 Å². The minimum atomic E-state index is 0.516. The third-order valence-electron chi connectivity index (χ3n) is 3.84. The number of hydrogen-bond acceptors (Lipinski definition) is 3. The van der Waals surface area contributed by atoms with Crippen LogP contribution in [-0.4, -0.2) is 24.1 Å². The molecular weight excluding hydrogens is 222 g/mol. The molecule has 1 aromatic rings. The van der Waals surface area contributed by atoms with Crippen molar-refractivity contribution < 1.29 is 0 Å². The van der Waals surface area contributed by atoms with E-state index in [1.165, 1.54) is 36.9 Å². The molecule has 1 aliphatic carbocycles. The summed E-state index contributed by atoms with van der Waals surface area (Å²) in [5.74, 6) is 0. The topological polar surface area (TPSA) is 28.2 Å². The number of pyridine rings is 1. The van der Waals surface area contributed by atoms with Gasteiger partial charge in [-0.05, 0) is 24.5 Å². The molecule has 0 saturated heterocycles. The second-order valence-electron chi connectivity index (χ2n) is 5.59. The lowest BCUT2D eigenvalue weighted by Gasteiger charge is -2.28. The lowest BCUT2D eigenvalue weighted by molar-refractivity contribution is 0.584. The highest BCUT2D eigenvalue weighted by atomic mass is 15.1. The summed E-state index contributed by atoms with van der Waals surface area (Å²) in [5, 5.41) is 3.49. The Morgan fingerprint density at radius 2 is 2.11 bits per heavy atom. The first kappa shape index (κ1) is 13.3. The Balaban J connectivity index is 2.10. The summed E-state index contributed by atoms with van der Waals surface area (Å²) in [6.45, 7) is 5.29. The maximum absolute atomic E-state index is 4.30. The molecule has 1 N–H and O–H groups in total. The van der Waals surface area contributed by atoms with Gasteiger partial charge in [-0.2, -0.15) is 0 Å². The van der Waals surface area contributed by atoms with Crippen molar-refractivity contribution in [2.75, 3.05) is 11.9 Å². The van der Waals surface area contributed by atoms with Crippen molar-refractivity contribution in [3.63, 3.8) is 0 Å². The number of nitrogens with zero attached hydrogens (tertiary/aromatic N) is 2. The monoisotopic (exact) mass is 247 g/mol. The van der Waals surface area contributed by atoms with Crippen LogP contribution in [0.4, 0.5) is 5.69 Å². The third-order valence-corrected chi connectivity index (χ3v) is 3.84. The Morgan fingerprint density at radius 1 is 1.39 bits per heavy atom. The van der Waals surface area contributed by atoms with Gasteiger partial charge in [-0.3, -0.25) is 4.98 Å². The molecule has 0 bridgehead atoms. The van der Waals surface area contributed by atoms with E-state index in [9.17, 15) is 0 Å². The molecule has 1 aliphatic rings. The Kier molecular flexibility index (Phi) is 4.59. The first-order valence-corrected chi connectivity index (χ1v) is 7.07. The van der Waals surface area contributed by atoms with Gasteiger partial charge in [0, 0.05) is 31.9 Å². The van der Waals surface area contributed by atoms with E-state index in [0.717, 1.165) is 6.54 Å². The summed E-state index contributed by atoms with van der Waals surface area (Å²) in [4.78, 5) is 6.72. The van der Waals surface area contributed by atoms with Gasteiger partial charge in [-0.25, -0.2) is 0 Å². The van der Waals surface area contributed by atoms with E-state index in [0.29, 0.717) is 12.1 Å². The molecule has 1 aromatic heterocycles. The van der Waals surface area contributed by atoms with Gasteiger partial charge in [0.05, 0.1) is 11.9 Å². The number of hydrogen-bond donors (Lipinski definition) is 1. The molecule has 1 fully saturated rings. The third kappa shape index (κ3) is 3.22. The Hall–Kier alpha value is -1.09. The number of rotatable bonds is 5. The molecule has 0 amide bonds. The SMILES string of the molecule is CC(C)NCc1ccncc1N(C)C1CCCC1. The maximum atomic E-state index is 4.30. The fourth-order valence-electron chi connectivity index (χ4n) is 2.68. The van der Waals surface area contributed by atoms with Gasteiger partial charge in [0.15, 0.2) is 0 Å². The highest BCUT2D eigenvalue weighted by molar-refractivity contribution is 5.52. The van der Waals surface area contributed by atoms with Crippen LogP contribution in [0.15, 0.2) is 18.5 Å². The Bertz CT molecular complexity index is 370. The minimum absolute atomic E-state index is 0.516. The van der Waals surface area contributed by atoms with Crippen molar-refractivity contribution in [1.82, 2.24) is 10.3 Å². The normalized spacial score (nSPS) is 16.4. The quantitative estimate of drug-likeness (QED) is 0.867. The lowest BCUT2D eigenvalue weighted by atomic mass is 10.1. The van der Waals surface area contributed by atoms with Gasteiger partial charge in [0.1, 0.15) is 0 Å². The van der Waals surface area contributed by atoms with E-state index in [1.807, 2.05) is 12.4 Å². The Morgan fingerprint density at radius 3 is 2.78 bits per heavy atom. The molecule has 0 aliphatic heterocycles. The predicted molar refractivity (Wildman–Crippen MR) is 76.9 cm³/mol. The van der Waals surface area contributed by atoms with E-state index in [4.69, 9.17) is 0 Å². The average molecular weight is 247 g/mol. The lowest BCUT2D eigenvalue weighted by Crippen LogP contribution is -2.31. The molecule has 0 aromatic carbocycles. The van der Waals surface area contributed by atoms with Crippen molar-refractivity contribution in [2.24, 2.45) is 0 Å². The van der Waals surface area contributed by atoms with Crippen LogP contribution in [-0.2, 0) is 6.54 Å². The summed E-state index contributed by atoms with van der Waals surface area (Å²) < 4.78 is 0. The number of anilines is 1. The van der Waals surface area contributed by atoms with Gasteiger partial charge in [0.25, 0.3) is 0 Å². The molecule has 0 radical (unpaired) electrons. The standard InChI is InChI=1S/C15H25N3/c1-12(2)17-10-13-8-9-16-11-15(13)18(3)14-6-4-5-7-14/h8-9,11-12,14,17H,4-7,10H2,1-3H3. The summed E-state index contributed by atoms with van der Waals surface area (Å²) in [7, 11) is 2.21. The molecular formula is C15H25N3. The second-order valence-corrected chi connectivity index (χ2v) is 5.59. The van der Waals surface area contributed by atoms with Gasteiger partial charge >= 0.3 is 0 Å². The van der Waals surface area contributed by atoms with Gasteiger partial charge in [-0.15, -0.1) is 0 Å². The van der Waals surface area contributed by atoms with Crippen LogP contribution in [0.25, 0.3) is 0 Å². The molecule has 1 heterocycles. The first-order valence-electron chi connectivity index (χ1n) is 7.07. The summed E-state index contributed by atoms with van der Waals surface area (Å²) in [6, 6.07) is 3.35. The van der Waals surface area contributed by atoms with Crippen molar-refractivity contribution in [3.05, 3.63) is 24.0 Å². The second kappa shape index (κ2) is 6.19. The molecule has 1 saturated carbocycles. The molecule has 3 heteroatoms. The molecule has 3 nitrogen and oxygen atoms in total. The van der Waals surface area contributed by atoms with Crippen LogP contribution in [0.2, 0.25) is 0 Å². The molecule has 0 unspecified atom stereocenters. The van der Waals surface area contributed by atoms with Crippen LogP contribution in [0.1, 0.15) is 45.1 Å². The zero-order valence-electron chi connectivity index (χ0n) is 11.8. The van der Waals surface area contributed by atoms with E-state index < -0.39 is 0 Å². The van der Waals surface area contributed by atoms with E-state index in [1.54, 1.807) is 0 Å². The molecule has 0 atom stereocenters. The van der Waals surface area contributed by atoms with E-state index in [-0.39, 0.29) is 0 Å². The van der Waals surface area contributed by atoms with Crippen LogP contribution in [0, 0.1) is 0 Å². The fourth-order valence-corrected chi connectivity index (χ4v) is 2.68. The highest BCUT2D eigenvalue weighted by Crippen LogP contribution is 2.28. The van der Waals surface area contributed by atoms with Crippen molar-refractivity contribution in [1.29, 1.82) is 0 Å². The van der Waals surface area contributed by atoms with Crippen molar-refractivity contribution >= 4 is 5.69 Å². The first-order chi connectivity index (χ1) is 8.68. The predicted octanol–water partition coefficient (Wildman–Crippen LogP) is 2.96. The molecule has 100 valence electrons. The van der Waals surface area contributed by atoms with Gasteiger partial charge in [0.2, 0.25) is 0 Å². The van der Waals surface area contributed by atoms with E-state index in [2.05, 4.69) is 42.2 Å². The largest absolute Gasteiger partial charge is 0.370 e. The molecule has 18 heavy (non-hydrogen) atoms.